The third kappa shape index (κ3) is 5.11. The number of hydrogen-bond acceptors (Lipinski definition) is 5. The number of aromatic nitrogens is 1. The van der Waals surface area contributed by atoms with E-state index in [4.69, 9.17) is 27.9 Å². The van der Waals surface area contributed by atoms with Crippen LogP contribution in [0, 0.1) is 11.8 Å². The van der Waals surface area contributed by atoms with E-state index in [9.17, 15) is 14.7 Å². The molecule has 1 aromatic carbocycles. The molecule has 2 aromatic rings. The number of hydrogen-bond donors (Lipinski definition) is 3. The van der Waals surface area contributed by atoms with Crippen LogP contribution >= 0.6 is 23.2 Å². The number of ether oxygens (including phenoxy) is 1. The molecule has 9 heteroatoms. The molecule has 0 aliphatic heterocycles. The summed E-state index contributed by atoms with van der Waals surface area (Å²) in [4.78, 5) is 29.2. The molecule has 3 fully saturated rings. The van der Waals surface area contributed by atoms with Crippen molar-refractivity contribution in [2.24, 2.45) is 11.8 Å². The number of rotatable bonds is 7. The number of pyridine rings is 1. The van der Waals surface area contributed by atoms with Crippen molar-refractivity contribution < 1.29 is 19.4 Å². The number of halogens is 2. The monoisotopic (exact) mass is 463 g/mol. The van der Waals surface area contributed by atoms with Gasteiger partial charge in [-0.25, -0.2) is 4.98 Å². The molecule has 2 amide bonds. The van der Waals surface area contributed by atoms with E-state index in [1.807, 2.05) is 0 Å². The lowest BCUT2D eigenvalue weighted by atomic mass is 9.60. The normalized spacial score (nSPS) is 24.1. The van der Waals surface area contributed by atoms with Gasteiger partial charge in [-0.3, -0.25) is 9.59 Å². The van der Waals surface area contributed by atoms with Gasteiger partial charge >= 0.3 is 0 Å². The number of carbonyl (C=O) groups excluding carboxylic acids is 2. The molecule has 3 N–H and O–H groups in total. The number of nitrogens with zero attached hydrogens (tertiary/aromatic N) is 1. The second kappa shape index (κ2) is 9.42. The van der Waals surface area contributed by atoms with Crippen molar-refractivity contribution in [1.82, 2.24) is 15.6 Å². The maximum absolute atomic E-state index is 12.6. The molecule has 2 atom stereocenters. The van der Waals surface area contributed by atoms with Gasteiger partial charge in [-0.05, 0) is 55.4 Å². The summed E-state index contributed by atoms with van der Waals surface area (Å²) >= 11 is 11.8. The van der Waals surface area contributed by atoms with Crippen molar-refractivity contribution in [1.29, 1.82) is 0 Å². The Morgan fingerprint density at radius 3 is 2.48 bits per heavy atom. The van der Waals surface area contributed by atoms with Gasteiger partial charge in [0, 0.05) is 18.2 Å². The summed E-state index contributed by atoms with van der Waals surface area (Å²) in [6.45, 7) is -0.341. The van der Waals surface area contributed by atoms with Crippen molar-refractivity contribution >= 4 is 35.0 Å². The number of aliphatic hydroxyl groups is 1. The van der Waals surface area contributed by atoms with E-state index < -0.39 is 0 Å². The minimum Gasteiger partial charge on any atom is -0.484 e. The fourth-order valence-electron chi connectivity index (χ4n) is 4.28. The zero-order valence-corrected chi connectivity index (χ0v) is 18.2. The van der Waals surface area contributed by atoms with Crippen molar-refractivity contribution in [3.05, 3.63) is 57.8 Å². The highest BCUT2D eigenvalue weighted by molar-refractivity contribution is 6.42. The van der Waals surface area contributed by atoms with Crippen LogP contribution in [0.2, 0.25) is 10.0 Å². The molecule has 31 heavy (non-hydrogen) atoms. The lowest BCUT2D eigenvalue weighted by molar-refractivity contribution is -0.125. The molecule has 3 aliphatic rings. The highest BCUT2D eigenvalue weighted by Gasteiger charge is 2.47. The molecule has 164 valence electrons. The third-order valence-electron chi connectivity index (χ3n) is 5.98. The molecule has 5 rings (SSSR count). The Morgan fingerprint density at radius 1 is 1.03 bits per heavy atom. The topological polar surface area (TPSA) is 101 Å². The molecule has 3 aliphatic carbocycles. The number of nitrogens with one attached hydrogen (secondary N) is 2. The van der Waals surface area contributed by atoms with Gasteiger partial charge in [0.25, 0.3) is 11.8 Å². The summed E-state index contributed by atoms with van der Waals surface area (Å²) < 4.78 is 5.51. The van der Waals surface area contributed by atoms with Crippen LogP contribution in [0.15, 0.2) is 36.4 Å². The smallest absolute Gasteiger partial charge is 0.270 e. The van der Waals surface area contributed by atoms with Gasteiger partial charge in [0.1, 0.15) is 11.4 Å². The minimum atomic E-state index is -0.265. The molecule has 3 saturated carbocycles. The van der Waals surface area contributed by atoms with E-state index in [1.165, 1.54) is 0 Å². The number of amides is 2. The van der Waals surface area contributed by atoms with Crippen LogP contribution in [0.4, 0.5) is 0 Å². The van der Waals surface area contributed by atoms with E-state index in [0.29, 0.717) is 39.7 Å². The van der Waals surface area contributed by atoms with Gasteiger partial charge in [0.2, 0.25) is 0 Å². The zero-order valence-electron chi connectivity index (χ0n) is 16.7. The lowest BCUT2D eigenvalue weighted by Crippen LogP contribution is -2.60. The van der Waals surface area contributed by atoms with Gasteiger partial charge in [-0.2, -0.15) is 0 Å². The molecule has 0 saturated heterocycles. The van der Waals surface area contributed by atoms with Crippen molar-refractivity contribution in [2.75, 3.05) is 6.61 Å². The quantitative estimate of drug-likeness (QED) is 0.585. The van der Waals surface area contributed by atoms with E-state index in [0.717, 1.165) is 12.8 Å². The maximum Gasteiger partial charge on any atom is 0.270 e. The Hall–Kier alpha value is -2.35. The van der Waals surface area contributed by atoms with Crippen LogP contribution in [0.3, 0.4) is 0 Å². The van der Waals surface area contributed by atoms with Crippen LogP contribution in [-0.4, -0.2) is 40.6 Å². The zero-order chi connectivity index (χ0) is 22.0. The predicted octanol–water partition coefficient (Wildman–Crippen LogP) is 2.97. The second-order valence-electron chi connectivity index (χ2n) is 8.02. The molecule has 1 heterocycles. The number of fused-ring (bicyclic) bond motifs is 2. The standard InChI is InChI=1S/C22H23Cl2N3O4/c23-16-5-4-15(8-17(16)24)31-11-21(29)26-19-9-20(13-6-12(19)7-13)27-22(30)18-3-1-2-14(10-28)25-18/h1-5,8,12-13,19-20,28H,6-7,9-11H2,(H,26,29)(H,27,30)/t12?,13?,19-,20?/m0/s1. The Labute approximate surface area is 190 Å². The van der Waals surface area contributed by atoms with Crippen LogP contribution in [-0.2, 0) is 11.4 Å². The van der Waals surface area contributed by atoms with Crippen LogP contribution in [0.25, 0.3) is 0 Å². The minimum absolute atomic E-state index is 0.0167. The Bertz CT molecular complexity index is 981. The summed E-state index contributed by atoms with van der Waals surface area (Å²) in [5, 5.41) is 16.1. The van der Waals surface area contributed by atoms with Crippen LogP contribution in [0.5, 0.6) is 5.75 Å². The van der Waals surface area contributed by atoms with Gasteiger partial charge in [0.05, 0.1) is 22.3 Å². The lowest BCUT2D eigenvalue weighted by Gasteiger charge is -2.51. The Balaban J connectivity index is 1.30. The first-order valence-corrected chi connectivity index (χ1v) is 10.9. The second-order valence-corrected chi connectivity index (χ2v) is 8.83. The fourth-order valence-corrected chi connectivity index (χ4v) is 4.57. The molecular formula is C22H23Cl2N3O4. The summed E-state index contributed by atoms with van der Waals surface area (Å²) in [5.74, 6) is 0.820. The first kappa shape index (κ1) is 21.9. The van der Waals surface area contributed by atoms with Gasteiger partial charge in [-0.1, -0.05) is 29.3 Å². The molecular weight excluding hydrogens is 441 g/mol. The molecule has 0 spiro atoms. The first-order chi connectivity index (χ1) is 14.9. The van der Waals surface area contributed by atoms with Crippen LogP contribution in [0.1, 0.15) is 35.4 Å². The van der Waals surface area contributed by atoms with E-state index in [1.54, 1.807) is 36.4 Å². The fraction of sp³-hybridized carbons (Fsp3) is 0.409. The summed E-state index contributed by atoms with van der Waals surface area (Å²) in [6, 6.07) is 9.79. The van der Waals surface area contributed by atoms with Gasteiger partial charge in [-0.15, -0.1) is 0 Å². The van der Waals surface area contributed by atoms with Crippen LogP contribution < -0.4 is 15.4 Å². The highest BCUT2D eigenvalue weighted by Crippen LogP contribution is 2.45. The molecule has 7 nitrogen and oxygen atoms in total. The third-order valence-corrected chi connectivity index (χ3v) is 6.72. The summed E-state index contributed by atoms with van der Waals surface area (Å²) in [6.07, 6.45) is 2.60. The number of benzene rings is 1. The summed E-state index contributed by atoms with van der Waals surface area (Å²) in [5.41, 5.74) is 0.732. The average Bonchev–Trinajstić information content (AvgIpc) is 2.73. The SMILES string of the molecule is O=C(COc1ccc(Cl)c(Cl)c1)N[C@H]1CC(NC(=O)c2cccc(CO)n2)C2CC1C2. The molecule has 1 unspecified atom stereocenters. The average molecular weight is 464 g/mol. The largest absolute Gasteiger partial charge is 0.484 e. The summed E-state index contributed by atoms with van der Waals surface area (Å²) in [7, 11) is 0. The van der Waals surface area contributed by atoms with Gasteiger partial charge < -0.3 is 20.5 Å². The van der Waals surface area contributed by atoms with E-state index in [-0.39, 0.29) is 42.8 Å². The van der Waals surface area contributed by atoms with Crippen molar-refractivity contribution in [2.45, 2.75) is 38.0 Å². The number of aliphatic hydroxyl groups excluding tert-OH is 1. The Kier molecular flexibility index (Phi) is 6.65. The van der Waals surface area contributed by atoms with E-state index in [2.05, 4.69) is 15.6 Å². The first-order valence-electron chi connectivity index (χ1n) is 10.2. The molecule has 0 radical (unpaired) electrons. The maximum atomic E-state index is 12.6. The number of carbonyl (C=O) groups is 2. The molecule has 1 aromatic heterocycles. The van der Waals surface area contributed by atoms with E-state index >= 15 is 0 Å². The molecule has 2 bridgehead atoms. The highest BCUT2D eigenvalue weighted by atomic mass is 35.5. The van der Waals surface area contributed by atoms with Gasteiger partial charge in [0.15, 0.2) is 6.61 Å². The van der Waals surface area contributed by atoms with Crippen molar-refractivity contribution in [3.8, 4) is 5.75 Å². The Morgan fingerprint density at radius 2 is 1.77 bits per heavy atom. The predicted molar refractivity (Wildman–Crippen MR) is 116 cm³/mol. The van der Waals surface area contributed by atoms with Crippen molar-refractivity contribution in [3.63, 3.8) is 0 Å².